The van der Waals surface area contributed by atoms with Gasteiger partial charge in [0, 0.05) is 23.3 Å². The molecule has 5 heteroatoms. The molecule has 2 rings (SSSR count). The van der Waals surface area contributed by atoms with E-state index in [1.165, 1.54) is 0 Å². The zero-order valence-electron chi connectivity index (χ0n) is 12.6. The summed E-state index contributed by atoms with van der Waals surface area (Å²) < 4.78 is 5.83. The van der Waals surface area contributed by atoms with Gasteiger partial charge in [0.25, 0.3) is 0 Å². The number of halogens is 1. The smallest absolute Gasteiger partial charge is 0.226 e. The molecule has 112 valence electrons. The molecule has 21 heavy (non-hydrogen) atoms. The normalized spacial score (nSPS) is 10.5. The number of benzene rings is 1. The van der Waals surface area contributed by atoms with E-state index in [1.54, 1.807) is 0 Å². The van der Waals surface area contributed by atoms with E-state index in [1.807, 2.05) is 31.2 Å². The highest BCUT2D eigenvalue weighted by Gasteiger charge is 2.06. The number of aryl methyl sites for hydroxylation is 2. The summed E-state index contributed by atoms with van der Waals surface area (Å²) in [5, 5.41) is 3.93. The van der Waals surface area contributed by atoms with Crippen molar-refractivity contribution in [2.24, 2.45) is 0 Å². The maximum Gasteiger partial charge on any atom is 0.226 e. The van der Waals surface area contributed by atoms with E-state index in [0.29, 0.717) is 11.8 Å². The fraction of sp³-hybridized carbons (Fsp3) is 0.375. The second-order valence-electron chi connectivity index (χ2n) is 4.81. The molecule has 1 heterocycles. The van der Waals surface area contributed by atoms with Crippen LogP contribution in [-0.2, 0) is 6.42 Å². The minimum absolute atomic E-state index is 0.533. The third kappa shape index (κ3) is 4.33. The van der Waals surface area contributed by atoms with Crippen LogP contribution in [-0.4, -0.2) is 16.5 Å². The lowest BCUT2D eigenvalue weighted by molar-refractivity contribution is 0.461. The van der Waals surface area contributed by atoms with Gasteiger partial charge in [0.15, 0.2) is 0 Å². The second-order valence-corrected chi connectivity index (χ2v) is 5.21. The first-order chi connectivity index (χ1) is 10.1. The topological polar surface area (TPSA) is 47.0 Å². The lowest BCUT2D eigenvalue weighted by Crippen LogP contribution is -2.05. The largest absolute Gasteiger partial charge is 0.439 e. The van der Waals surface area contributed by atoms with Crippen LogP contribution in [0.25, 0.3) is 0 Å². The summed E-state index contributed by atoms with van der Waals surface area (Å²) in [4.78, 5) is 8.70. The first-order valence-corrected chi connectivity index (χ1v) is 7.56. The van der Waals surface area contributed by atoms with Crippen molar-refractivity contribution in [2.75, 3.05) is 11.9 Å². The van der Waals surface area contributed by atoms with Crippen molar-refractivity contribution in [2.45, 2.75) is 33.6 Å². The molecular formula is C16H20ClN3O. The summed E-state index contributed by atoms with van der Waals surface area (Å²) in [7, 11) is 0. The average molecular weight is 306 g/mol. The molecule has 0 spiro atoms. The summed E-state index contributed by atoms with van der Waals surface area (Å²) in [6.45, 7) is 6.92. The molecule has 0 saturated heterocycles. The predicted octanol–water partition coefficient (Wildman–Crippen LogP) is 4.62. The van der Waals surface area contributed by atoms with E-state index >= 15 is 0 Å². The van der Waals surface area contributed by atoms with Crippen LogP contribution in [0, 0.1) is 6.92 Å². The Hall–Kier alpha value is -1.81. The van der Waals surface area contributed by atoms with Gasteiger partial charge in [-0.3, -0.25) is 0 Å². The highest BCUT2D eigenvalue weighted by atomic mass is 35.5. The van der Waals surface area contributed by atoms with Crippen molar-refractivity contribution in [3.05, 3.63) is 40.5 Å². The van der Waals surface area contributed by atoms with Gasteiger partial charge in [0.1, 0.15) is 5.75 Å². The lowest BCUT2D eigenvalue weighted by Gasteiger charge is -2.10. The van der Waals surface area contributed by atoms with Crippen LogP contribution in [0.5, 0.6) is 11.6 Å². The number of nitrogens with zero attached hydrogens (tertiary/aromatic N) is 2. The van der Waals surface area contributed by atoms with Crippen molar-refractivity contribution >= 4 is 17.5 Å². The third-order valence-electron chi connectivity index (χ3n) is 2.98. The van der Waals surface area contributed by atoms with Gasteiger partial charge in [-0.05, 0) is 43.5 Å². The molecule has 0 amide bonds. The maximum atomic E-state index is 6.12. The summed E-state index contributed by atoms with van der Waals surface area (Å²) in [6.07, 6.45) is 1.88. The zero-order valence-corrected chi connectivity index (χ0v) is 13.4. The minimum Gasteiger partial charge on any atom is -0.439 e. The Morgan fingerprint density at radius 2 is 2.00 bits per heavy atom. The van der Waals surface area contributed by atoms with Crippen LogP contribution in [0.1, 0.15) is 31.5 Å². The van der Waals surface area contributed by atoms with Crippen LogP contribution >= 0.6 is 11.6 Å². The van der Waals surface area contributed by atoms with E-state index in [4.69, 9.17) is 16.3 Å². The number of rotatable bonds is 6. The molecule has 0 bridgehead atoms. The maximum absolute atomic E-state index is 6.12. The Labute approximate surface area is 130 Å². The van der Waals surface area contributed by atoms with Crippen LogP contribution in [0.2, 0.25) is 5.02 Å². The van der Waals surface area contributed by atoms with Crippen molar-refractivity contribution in [3.63, 3.8) is 0 Å². The van der Waals surface area contributed by atoms with Crippen molar-refractivity contribution in [1.82, 2.24) is 9.97 Å². The average Bonchev–Trinajstić information content (AvgIpc) is 2.46. The van der Waals surface area contributed by atoms with Gasteiger partial charge >= 0.3 is 0 Å². The molecule has 1 N–H and O–H groups in total. The van der Waals surface area contributed by atoms with Gasteiger partial charge in [-0.15, -0.1) is 0 Å². The van der Waals surface area contributed by atoms with Crippen LogP contribution in [0.4, 0.5) is 5.95 Å². The van der Waals surface area contributed by atoms with Gasteiger partial charge in [0.2, 0.25) is 11.8 Å². The molecule has 0 aliphatic rings. The van der Waals surface area contributed by atoms with E-state index in [0.717, 1.165) is 41.4 Å². The Morgan fingerprint density at radius 3 is 2.71 bits per heavy atom. The fourth-order valence-electron chi connectivity index (χ4n) is 1.91. The third-order valence-corrected chi connectivity index (χ3v) is 3.35. The Morgan fingerprint density at radius 1 is 1.19 bits per heavy atom. The van der Waals surface area contributed by atoms with Crippen molar-refractivity contribution in [1.29, 1.82) is 0 Å². The number of anilines is 1. The number of ether oxygens (including phenoxy) is 1. The summed E-state index contributed by atoms with van der Waals surface area (Å²) in [6, 6.07) is 7.45. The van der Waals surface area contributed by atoms with Crippen molar-refractivity contribution < 1.29 is 4.74 Å². The first kappa shape index (κ1) is 15.6. The van der Waals surface area contributed by atoms with Crippen molar-refractivity contribution in [3.8, 4) is 11.6 Å². The van der Waals surface area contributed by atoms with Gasteiger partial charge in [-0.25, -0.2) is 4.98 Å². The standard InChI is InChI=1S/C16H20ClN3O/c1-4-8-18-16-19-11(3)9-15(20-16)21-13-6-7-14(17)12(5-2)10-13/h6-7,9-10H,4-5,8H2,1-3H3,(H,18,19,20). The first-order valence-electron chi connectivity index (χ1n) is 7.18. The Bertz CT molecular complexity index is 616. The number of hydrogen-bond acceptors (Lipinski definition) is 4. The summed E-state index contributed by atoms with van der Waals surface area (Å²) in [5.74, 6) is 1.86. The number of aromatic nitrogens is 2. The van der Waals surface area contributed by atoms with Gasteiger partial charge in [-0.2, -0.15) is 4.98 Å². The number of hydrogen-bond donors (Lipinski definition) is 1. The monoisotopic (exact) mass is 305 g/mol. The van der Waals surface area contributed by atoms with E-state index in [9.17, 15) is 0 Å². The quantitative estimate of drug-likeness (QED) is 0.846. The molecule has 4 nitrogen and oxygen atoms in total. The molecule has 0 atom stereocenters. The van der Waals surface area contributed by atoms with Gasteiger partial charge < -0.3 is 10.1 Å². The molecule has 0 aliphatic carbocycles. The second kappa shape index (κ2) is 7.27. The Kier molecular flexibility index (Phi) is 5.39. The highest BCUT2D eigenvalue weighted by Crippen LogP contribution is 2.26. The summed E-state index contributed by atoms with van der Waals surface area (Å²) in [5.41, 5.74) is 1.92. The molecule has 0 unspecified atom stereocenters. The molecule has 0 saturated carbocycles. The lowest BCUT2D eigenvalue weighted by atomic mass is 10.1. The van der Waals surface area contributed by atoms with Gasteiger partial charge in [0.05, 0.1) is 0 Å². The highest BCUT2D eigenvalue weighted by molar-refractivity contribution is 6.31. The van der Waals surface area contributed by atoms with Gasteiger partial charge in [-0.1, -0.05) is 25.4 Å². The molecule has 1 aromatic carbocycles. The Balaban J connectivity index is 2.20. The van der Waals surface area contributed by atoms with E-state index in [2.05, 4.69) is 29.1 Å². The predicted molar refractivity (Wildman–Crippen MR) is 86.5 cm³/mol. The molecular weight excluding hydrogens is 286 g/mol. The molecule has 2 aromatic rings. The molecule has 0 aliphatic heterocycles. The van der Waals surface area contributed by atoms with E-state index in [-0.39, 0.29) is 0 Å². The fourth-order valence-corrected chi connectivity index (χ4v) is 2.17. The molecule has 1 aromatic heterocycles. The molecule has 0 radical (unpaired) electrons. The SMILES string of the molecule is CCCNc1nc(C)cc(Oc2ccc(Cl)c(CC)c2)n1. The molecule has 0 fully saturated rings. The number of nitrogens with one attached hydrogen (secondary N) is 1. The van der Waals surface area contributed by atoms with Crippen LogP contribution in [0.3, 0.4) is 0 Å². The minimum atomic E-state index is 0.533. The summed E-state index contributed by atoms with van der Waals surface area (Å²) >= 11 is 6.12. The van der Waals surface area contributed by atoms with Crippen LogP contribution in [0.15, 0.2) is 24.3 Å². The van der Waals surface area contributed by atoms with Crippen LogP contribution < -0.4 is 10.1 Å². The zero-order chi connectivity index (χ0) is 15.2. The van der Waals surface area contributed by atoms with E-state index < -0.39 is 0 Å².